The van der Waals surface area contributed by atoms with E-state index in [1.807, 2.05) is 11.8 Å². The molecule has 1 aromatic rings. The van der Waals surface area contributed by atoms with E-state index in [2.05, 4.69) is 15.3 Å². The molecule has 3 heterocycles. The minimum atomic E-state index is -0.466. The van der Waals surface area contributed by atoms with E-state index >= 15 is 0 Å². The normalized spacial score (nSPS) is 23.3. The molecule has 2 saturated heterocycles. The number of rotatable bonds is 3. The monoisotopic (exact) mass is 360 g/mol. The largest absolute Gasteiger partial charge is 0.367 e. The molecule has 1 N–H and O–H groups in total. The molecule has 0 radical (unpaired) electrons. The lowest BCUT2D eigenvalue weighted by atomic mass is 9.95. The third-order valence-electron chi connectivity index (χ3n) is 5.64. The fraction of sp³-hybridized carbons (Fsp3) is 0.737. The summed E-state index contributed by atoms with van der Waals surface area (Å²) in [5.74, 6) is 0.898. The molecule has 3 fully saturated rings. The molecule has 26 heavy (non-hydrogen) atoms. The summed E-state index contributed by atoms with van der Waals surface area (Å²) >= 11 is 0. The van der Waals surface area contributed by atoms with E-state index in [0.717, 1.165) is 18.7 Å². The van der Waals surface area contributed by atoms with Crippen LogP contribution in [0.4, 0.5) is 5.82 Å². The Balaban J connectivity index is 1.42. The van der Waals surface area contributed by atoms with Gasteiger partial charge in [-0.3, -0.25) is 4.79 Å². The molecule has 7 nitrogen and oxygen atoms in total. The summed E-state index contributed by atoms with van der Waals surface area (Å²) in [5.41, 5.74) is 0.472. The highest BCUT2D eigenvalue weighted by Crippen LogP contribution is 2.31. The van der Waals surface area contributed by atoms with Gasteiger partial charge in [-0.1, -0.05) is 19.3 Å². The number of carbonyl (C=O) groups excluding carboxylic acids is 1. The Hall–Kier alpha value is -1.73. The number of nitrogens with one attached hydrogen (secondary N) is 1. The highest BCUT2D eigenvalue weighted by atomic mass is 16.7. The molecule has 1 spiro atoms. The van der Waals surface area contributed by atoms with Gasteiger partial charge in [-0.2, -0.15) is 0 Å². The molecule has 1 aliphatic carbocycles. The van der Waals surface area contributed by atoms with Crippen LogP contribution in [0, 0.1) is 6.92 Å². The number of aromatic nitrogens is 2. The zero-order valence-corrected chi connectivity index (χ0v) is 15.5. The van der Waals surface area contributed by atoms with Crippen LogP contribution in [-0.2, 0) is 9.47 Å². The number of hydrogen-bond acceptors (Lipinski definition) is 6. The van der Waals surface area contributed by atoms with E-state index in [1.54, 1.807) is 6.07 Å². The second-order valence-corrected chi connectivity index (χ2v) is 7.56. The van der Waals surface area contributed by atoms with Gasteiger partial charge in [0.25, 0.3) is 5.91 Å². The van der Waals surface area contributed by atoms with Crippen LogP contribution in [0.2, 0.25) is 0 Å². The van der Waals surface area contributed by atoms with Crippen molar-refractivity contribution in [1.29, 1.82) is 0 Å². The second kappa shape index (κ2) is 7.48. The maximum Gasteiger partial charge on any atom is 0.272 e. The molecule has 1 aromatic heterocycles. The lowest BCUT2D eigenvalue weighted by Crippen LogP contribution is -2.47. The SMILES string of the molecule is Cc1nc(NC2CCCCC2)cc(C(=O)N2CCC3(CC2)OCCO3)n1. The van der Waals surface area contributed by atoms with E-state index in [0.29, 0.717) is 43.9 Å². The minimum Gasteiger partial charge on any atom is -0.367 e. The van der Waals surface area contributed by atoms with Gasteiger partial charge in [-0.15, -0.1) is 0 Å². The maximum atomic E-state index is 12.9. The average molecular weight is 360 g/mol. The summed E-state index contributed by atoms with van der Waals surface area (Å²) in [6.45, 7) is 4.40. The molecule has 0 aromatic carbocycles. The number of piperidine rings is 1. The van der Waals surface area contributed by atoms with E-state index < -0.39 is 5.79 Å². The molecule has 142 valence electrons. The summed E-state index contributed by atoms with van der Waals surface area (Å²) in [5, 5.41) is 3.50. The summed E-state index contributed by atoms with van der Waals surface area (Å²) in [6.07, 6.45) is 7.60. The van der Waals surface area contributed by atoms with Crippen LogP contribution in [0.1, 0.15) is 61.3 Å². The van der Waals surface area contributed by atoms with Crippen LogP contribution in [0.25, 0.3) is 0 Å². The van der Waals surface area contributed by atoms with Crippen LogP contribution in [0.15, 0.2) is 6.07 Å². The molecule has 0 bridgehead atoms. The third-order valence-corrected chi connectivity index (χ3v) is 5.64. The summed E-state index contributed by atoms with van der Waals surface area (Å²) in [6, 6.07) is 2.25. The number of carbonyl (C=O) groups is 1. The molecule has 0 atom stereocenters. The van der Waals surface area contributed by atoms with Crippen molar-refractivity contribution in [2.75, 3.05) is 31.6 Å². The number of aryl methyl sites for hydroxylation is 1. The van der Waals surface area contributed by atoms with Gasteiger partial charge >= 0.3 is 0 Å². The van der Waals surface area contributed by atoms with Crippen LogP contribution < -0.4 is 5.32 Å². The number of ether oxygens (including phenoxy) is 2. The Bertz CT molecular complexity index is 644. The molecular weight excluding hydrogens is 332 g/mol. The highest BCUT2D eigenvalue weighted by Gasteiger charge is 2.41. The molecule has 1 saturated carbocycles. The fourth-order valence-corrected chi connectivity index (χ4v) is 4.21. The van der Waals surface area contributed by atoms with E-state index in [9.17, 15) is 4.79 Å². The van der Waals surface area contributed by atoms with Gasteiger partial charge in [0.05, 0.1) is 13.2 Å². The van der Waals surface area contributed by atoms with E-state index in [-0.39, 0.29) is 5.91 Å². The van der Waals surface area contributed by atoms with Crippen molar-refractivity contribution < 1.29 is 14.3 Å². The van der Waals surface area contributed by atoms with E-state index in [4.69, 9.17) is 9.47 Å². The molecular formula is C19H28N4O3. The number of nitrogens with zero attached hydrogens (tertiary/aromatic N) is 3. The first-order valence-corrected chi connectivity index (χ1v) is 9.83. The molecule has 2 aliphatic heterocycles. The van der Waals surface area contributed by atoms with Crippen molar-refractivity contribution in [3.63, 3.8) is 0 Å². The highest BCUT2D eigenvalue weighted by molar-refractivity contribution is 5.93. The van der Waals surface area contributed by atoms with Gasteiger partial charge in [-0.05, 0) is 19.8 Å². The van der Waals surface area contributed by atoms with Crippen LogP contribution in [-0.4, -0.2) is 58.9 Å². The Morgan fingerprint density at radius 3 is 2.54 bits per heavy atom. The minimum absolute atomic E-state index is 0.0324. The third kappa shape index (κ3) is 3.83. The Morgan fingerprint density at radius 1 is 1.15 bits per heavy atom. The van der Waals surface area contributed by atoms with Crippen LogP contribution in [0.3, 0.4) is 0 Å². The first-order chi connectivity index (χ1) is 12.6. The predicted octanol–water partition coefficient (Wildman–Crippen LogP) is 2.51. The zero-order valence-electron chi connectivity index (χ0n) is 15.5. The molecule has 3 aliphatic rings. The van der Waals surface area contributed by atoms with Crippen molar-refractivity contribution in [2.24, 2.45) is 0 Å². The quantitative estimate of drug-likeness (QED) is 0.892. The number of amides is 1. The van der Waals surface area contributed by atoms with Gasteiger partial charge < -0.3 is 19.7 Å². The van der Waals surface area contributed by atoms with E-state index in [1.165, 1.54) is 32.1 Å². The number of hydrogen-bond donors (Lipinski definition) is 1. The first kappa shape index (κ1) is 17.7. The Morgan fingerprint density at radius 2 is 1.85 bits per heavy atom. The summed E-state index contributed by atoms with van der Waals surface area (Å²) in [4.78, 5) is 23.6. The molecule has 4 rings (SSSR count). The summed E-state index contributed by atoms with van der Waals surface area (Å²) in [7, 11) is 0. The Labute approximate surface area is 154 Å². The van der Waals surface area contributed by atoms with Gasteiger partial charge in [-0.25, -0.2) is 9.97 Å². The van der Waals surface area contributed by atoms with Gasteiger partial charge in [0.1, 0.15) is 17.3 Å². The topological polar surface area (TPSA) is 76.6 Å². The molecule has 7 heteroatoms. The van der Waals surface area contributed by atoms with Crippen molar-refractivity contribution in [1.82, 2.24) is 14.9 Å². The van der Waals surface area contributed by atoms with Crippen molar-refractivity contribution >= 4 is 11.7 Å². The number of likely N-dealkylation sites (tertiary alicyclic amines) is 1. The van der Waals surface area contributed by atoms with Crippen molar-refractivity contribution in [3.05, 3.63) is 17.6 Å². The van der Waals surface area contributed by atoms with Gasteiger partial charge in [0, 0.05) is 38.0 Å². The average Bonchev–Trinajstić information content (AvgIpc) is 3.10. The Kier molecular flexibility index (Phi) is 5.09. The lowest BCUT2D eigenvalue weighted by Gasteiger charge is -2.37. The second-order valence-electron chi connectivity index (χ2n) is 7.56. The number of anilines is 1. The fourth-order valence-electron chi connectivity index (χ4n) is 4.21. The van der Waals surface area contributed by atoms with Crippen molar-refractivity contribution in [2.45, 2.75) is 63.7 Å². The molecule has 0 unspecified atom stereocenters. The summed E-state index contributed by atoms with van der Waals surface area (Å²) < 4.78 is 11.5. The van der Waals surface area contributed by atoms with Crippen LogP contribution in [0.5, 0.6) is 0 Å². The smallest absolute Gasteiger partial charge is 0.272 e. The standard InChI is InChI=1S/C19H28N4O3/c1-14-20-16(13-17(21-14)22-15-5-3-2-4-6-15)18(24)23-9-7-19(8-10-23)25-11-12-26-19/h13,15H,2-12H2,1H3,(H,20,21,22). The zero-order chi connectivity index (χ0) is 18.0. The first-order valence-electron chi connectivity index (χ1n) is 9.83. The van der Waals surface area contributed by atoms with Crippen molar-refractivity contribution in [3.8, 4) is 0 Å². The van der Waals surface area contributed by atoms with Gasteiger partial charge in [0.15, 0.2) is 5.79 Å². The van der Waals surface area contributed by atoms with Gasteiger partial charge in [0.2, 0.25) is 0 Å². The molecule has 1 amide bonds. The predicted molar refractivity (Wildman–Crippen MR) is 97.0 cm³/mol. The van der Waals surface area contributed by atoms with Crippen LogP contribution >= 0.6 is 0 Å². The lowest BCUT2D eigenvalue weighted by molar-refractivity contribution is -0.181. The maximum absolute atomic E-state index is 12.9.